The summed E-state index contributed by atoms with van der Waals surface area (Å²) in [6, 6.07) is 5.58. The van der Waals surface area contributed by atoms with E-state index in [2.05, 4.69) is 0 Å². The largest absolute Gasteiger partial charge is 0.454 e. The molecule has 5 heteroatoms. The van der Waals surface area contributed by atoms with Crippen molar-refractivity contribution in [2.24, 2.45) is 5.73 Å². The standard InChI is InChI=1S/C14H18N2O3/c1-16(8-2-7-15)14(17)6-4-11-3-5-12-13(9-11)19-10-18-12/h3-6,9H,2,7-8,10,15H2,1H3/b6-4+. The molecule has 2 N–H and O–H groups in total. The van der Waals surface area contributed by atoms with E-state index in [1.54, 1.807) is 24.1 Å². The number of nitrogens with two attached hydrogens (primary N) is 1. The topological polar surface area (TPSA) is 64.8 Å². The molecular weight excluding hydrogens is 244 g/mol. The van der Waals surface area contributed by atoms with Crippen molar-refractivity contribution in [2.75, 3.05) is 26.9 Å². The Balaban J connectivity index is 1.96. The van der Waals surface area contributed by atoms with Gasteiger partial charge >= 0.3 is 0 Å². The summed E-state index contributed by atoms with van der Waals surface area (Å²) >= 11 is 0. The molecule has 0 saturated carbocycles. The van der Waals surface area contributed by atoms with Gasteiger partial charge in [-0.15, -0.1) is 0 Å². The highest BCUT2D eigenvalue weighted by molar-refractivity contribution is 5.91. The molecule has 0 atom stereocenters. The van der Waals surface area contributed by atoms with Crippen LogP contribution < -0.4 is 15.2 Å². The average Bonchev–Trinajstić information content (AvgIpc) is 2.89. The van der Waals surface area contributed by atoms with E-state index in [-0.39, 0.29) is 12.7 Å². The van der Waals surface area contributed by atoms with Crippen LogP contribution in [0.1, 0.15) is 12.0 Å². The highest BCUT2D eigenvalue weighted by atomic mass is 16.7. The van der Waals surface area contributed by atoms with Gasteiger partial charge in [0.1, 0.15) is 0 Å². The van der Waals surface area contributed by atoms with Crippen LogP contribution in [-0.2, 0) is 4.79 Å². The number of nitrogens with zero attached hydrogens (tertiary/aromatic N) is 1. The second kappa shape index (κ2) is 6.24. The number of amides is 1. The summed E-state index contributed by atoms with van der Waals surface area (Å²) < 4.78 is 10.5. The molecule has 19 heavy (non-hydrogen) atoms. The number of likely N-dealkylation sites (N-methyl/N-ethyl adjacent to an activating group) is 1. The minimum absolute atomic E-state index is 0.0360. The summed E-state index contributed by atoms with van der Waals surface area (Å²) in [4.78, 5) is 13.4. The maximum atomic E-state index is 11.8. The predicted octanol–water partition coefficient (Wildman–Crippen LogP) is 1.24. The number of fused-ring (bicyclic) bond motifs is 1. The van der Waals surface area contributed by atoms with E-state index in [1.165, 1.54) is 0 Å². The monoisotopic (exact) mass is 262 g/mol. The molecule has 1 aliphatic rings. The second-order valence-electron chi connectivity index (χ2n) is 4.35. The van der Waals surface area contributed by atoms with Crippen molar-refractivity contribution in [3.8, 4) is 11.5 Å². The van der Waals surface area contributed by atoms with E-state index in [0.717, 1.165) is 17.7 Å². The smallest absolute Gasteiger partial charge is 0.246 e. The molecule has 0 unspecified atom stereocenters. The molecule has 0 aromatic heterocycles. The van der Waals surface area contributed by atoms with Crippen LogP contribution in [0.4, 0.5) is 0 Å². The van der Waals surface area contributed by atoms with Crippen molar-refractivity contribution >= 4 is 12.0 Å². The van der Waals surface area contributed by atoms with Gasteiger partial charge in [-0.25, -0.2) is 0 Å². The van der Waals surface area contributed by atoms with Gasteiger partial charge in [0.05, 0.1) is 0 Å². The van der Waals surface area contributed by atoms with Gasteiger partial charge in [0.25, 0.3) is 0 Å². The molecule has 1 aromatic rings. The highest BCUT2D eigenvalue weighted by Gasteiger charge is 2.12. The molecule has 0 saturated heterocycles. The molecule has 1 aliphatic heterocycles. The van der Waals surface area contributed by atoms with Gasteiger partial charge < -0.3 is 20.1 Å². The van der Waals surface area contributed by atoms with Crippen LogP contribution >= 0.6 is 0 Å². The van der Waals surface area contributed by atoms with E-state index in [4.69, 9.17) is 15.2 Å². The number of hydrogen-bond donors (Lipinski definition) is 1. The summed E-state index contributed by atoms with van der Waals surface area (Å²) in [6.07, 6.45) is 4.12. The number of ether oxygens (including phenoxy) is 2. The van der Waals surface area contributed by atoms with Gasteiger partial charge in [-0.3, -0.25) is 4.79 Å². The van der Waals surface area contributed by atoms with Gasteiger partial charge in [0.2, 0.25) is 12.7 Å². The number of hydrogen-bond acceptors (Lipinski definition) is 4. The zero-order valence-corrected chi connectivity index (χ0v) is 11.0. The fraction of sp³-hybridized carbons (Fsp3) is 0.357. The van der Waals surface area contributed by atoms with E-state index >= 15 is 0 Å². The zero-order chi connectivity index (χ0) is 13.7. The third kappa shape index (κ3) is 3.48. The third-order valence-electron chi connectivity index (χ3n) is 2.89. The van der Waals surface area contributed by atoms with Gasteiger partial charge in [-0.2, -0.15) is 0 Å². The fourth-order valence-corrected chi connectivity index (χ4v) is 1.75. The van der Waals surface area contributed by atoms with E-state index in [0.29, 0.717) is 18.8 Å². The lowest BCUT2D eigenvalue weighted by atomic mass is 10.2. The first-order chi connectivity index (χ1) is 9.20. The molecule has 1 amide bonds. The number of carbonyl (C=O) groups is 1. The van der Waals surface area contributed by atoms with Crippen molar-refractivity contribution in [3.63, 3.8) is 0 Å². The number of benzene rings is 1. The maximum Gasteiger partial charge on any atom is 0.246 e. The molecule has 0 bridgehead atoms. The van der Waals surface area contributed by atoms with E-state index in [9.17, 15) is 4.79 Å². The van der Waals surface area contributed by atoms with Gasteiger partial charge in [-0.05, 0) is 36.7 Å². The quantitative estimate of drug-likeness (QED) is 0.811. The Bertz CT molecular complexity index is 486. The number of rotatable bonds is 5. The Morgan fingerprint density at radius 2 is 2.21 bits per heavy atom. The lowest BCUT2D eigenvalue weighted by Crippen LogP contribution is -2.27. The van der Waals surface area contributed by atoms with Crippen molar-refractivity contribution in [3.05, 3.63) is 29.8 Å². The maximum absolute atomic E-state index is 11.8. The second-order valence-corrected chi connectivity index (χ2v) is 4.35. The Morgan fingerprint density at radius 3 is 3.00 bits per heavy atom. The molecule has 0 aliphatic carbocycles. The fourth-order valence-electron chi connectivity index (χ4n) is 1.75. The first-order valence-electron chi connectivity index (χ1n) is 6.23. The SMILES string of the molecule is CN(CCCN)C(=O)/C=C/c1ccc2c(c1)OCO2. The Hall–Kier alpha value is -2.01. The molecule has 1 aromatic carbocycles. The molecule has 1 heterocycles. The summed E-state index contributed by atoms with van der Waals surface area (Å²) in [5, 5.41) is 0. The van der Waals surface area contributed by atoms with E-state index in [1.807, 2.05) is 18.2 Å². The van der Waals surface area contributed by atoms with Crippen molar-refractivity contribution < 1.29 is 14.3 Å². The summed E-state index contributed by atoms with van der Waals surface area (Å²) in [5.74, 6) is 1.42. The van der Waals surface area contributed by atoms with Crippen LogP contribution in [0.2, 0.25) is 0 Å². The lowest BCUT2D eigenvalue weighted by molar-refractivity contribution is -0.124. The Labute approximate surface area is 112 Å². The van der Waals surface area contributed by atoms with Gasteiger partial charge in [0, 0.05) is 19.7 Å². The minimum Gasteiger partial charge on any atom is -0.454 e. The molecular formula is C14H18N2O3. The number of carbonyl (C=O) groups excluding carboxylic acids is 1. The Kier molecular flexibility index (Phi) is 4.41. The van der Waals surface area contributed by atoms with Crippen LogP contribution in [0, 0.1) is 0 Å². The summed E-state index contributed by atoms with van der Waals surface area (Å²) in [7, 11) is 1.77. The highest BCUT2D eigenvalue weighted by Crippen LogP contribution is 2.32. The third-order valence-corrected chi connectivity index (χ3v) is 2.89. The first-order valence-corrected chi connectivity index (χ1v) is 6.23. The van der Waals surface area contributed by atoms with Gasteiger partial charge in [-0.1, -0.05) is 6.07 Å². The first kappa shape index (κ1) is 13.4. The zero-order valence-electron chi connectivity index (χ0n) is 11.0. The van der Waals surface area contributed by atoms with Gasteiger partial charge in [0.15, 0.2) is 11.5 Å². The average molecular weight is 262 g/mol. The predicted molar refractivity (Wildman–Crippen MR) is 72.9 cm³/mol. The van der Waals surface area contributed by atoms with Crippen molar-refractivity contribution in [1.82, 2.24) is 4.90 Å². The van der Waals surface area contributed by atoms with Crippen LogP contribution in [-0.4, -0.2) is 37.7 Å². The lowest BCUT2D eigenvalue weighted by Gasteiger charge is -2.13. The van der Waals surface area contributed by atoms with Crippen LogP contribution in [0.3, 0.4) is 0 Å². The summed E-state index contributed by atoms with van der Waals surface area (Å²) in [6.45, 7) is 1.51. The molecule has 0 fully saturated rings. The van der Waals surface area contributed by atoms with Crippen LogP contribution in [0.25, 0.3) is 6.08 Å². The molecule has 2 rings (SSSR count). The van der Waals surface area contributed by atoms with Crippen LogP contribution in [0.5, 0.6) is 11.5 Å². The van der Waals surface area contributed by atoms with Crippen molar-refractivity contribution in [2.45, 2.75) is 6.42 Å². The molecule has 5 nitrogen and oxygen atoms in total. The normalized spacial score (nSPS) is 12.9. The molecule has 102 valence electrons. The molecule has 0 spiro atoms. The van der Waals surface area contributed by atoms with Crippen molar-refractivity contribution in [1.29, 1.82) is 0 Å². The van der Waals surface area contributed by atoms with E-state index < -0.39 is 0 Å². The molecule has 0 radical (unpaired) electrons. The minimum atomic E-state index is -0.0360. The Morgan fingerprint density at radius 1 is 1.42 bits per heavy atom. The van der Waals surface area contributed by atoms with Crippen LogP contribution in [0.15, 0.2) is 24.3 Å². The summed E-state index contributed by atoms with van der Waals surface area (Å²) in [5.41, 5.74) is 6.32.